The zero-order valence-electron chi connectivity index (χ0n) is 14.3. The Morgan fingerprint density at radius 3 is 2.56 bits per heavy atom. The fraction of sp³-hybridized carbons (Fsp3) is 0.158. The van der Waals surface area contributed by atoms with Crippen LogP contribution in [0.4, 0.5) is 0 Å². The summed E-state index contributed by atoms with van der Waals surface area (Å²) in [5.74, 6) is 0.0701. The topological polar surface area (TPSA) is 67.5 Å². The van der Waals surface area contributed by atoms with Crippen LogP contribution in [0.15, 0.2) is 58.7 Å². The third-order valence-electron chi connectivity index (χ3n) is 4.08. The number of aliphatic imine (C=N–C) groups is 1. The molecule has 0 spiro atoms. The van der Waals surface area contributed by atoms with Crippen molar-refractivity contribution >= 4 is 57.6 Å². The lowest BCUT2D eigenvalue weighted by Gasteiger charge is -2.26. The standard InChI is InChI=1S/C19H16Cl3N3OS/c1-10-15(18(23)26)17(12-6-4-8-14(21)16(12)22)25-19(24-10)27-9-11-5-2-3-7-13(11)20/h2-8,17H,9H2,1H3,(H2,23,26)(H,24,25)/t17-/m0/s1. The second kappa shape index (κ2) is 8.57. The molecule has 0 fully saturated rings. The number of hydrogen-bond acceptors (Lipinski definition) is 4. The molecule has 0 radical (unpaired) electrons. The van der Waals surface area contributed by atoms with Gasteiger partial charge >= 0.3 is 0 Å². The van der Waals surface area contributed by atoms with Crippen LogP contribution in [0.5, 0.6) is 0 Å². The lowest BCUT2D eigenvalue weighted by atomic mass is 9.96. The van der Waals surface area contributed by atoms with E-state index in [2.05, 4.69) is 10.3 Å². The highest BCUT2D eigenvalue weighted by Crippen LogP contribution is 2.38. The molecule has 1 aliphatic rings. The molecule has 140 valence electrons. The summed E-state index contributed by atoms with van der Waals surface area (Å²) in [7, 11) is 0. The van der Waals surface area contributed by atoms with Gasteiger partial charge < -0.3 is 11.1 Å². The number of nitrogens with two attached hydrogens (primary N) is 1. The zero-order chi connectivity index (χ0) is 19.6. The van der Waals surface area contributed by atoms with E-state index < -0.39 is 11.9 Å². The largest absolute Gasteiger partial charge is 0.366 e. The maximum Gasteiger partial charge on any atom is 0.248 e. The van der Waals surface area contributed by atoms with Crippen LogP contribution in [0.2, 0.25) is 15.1 Å². The molecule has 0 unspecified atom stereocenters. The fourth-order valence-electron chi connectivity index (χ4n) is 2.76. The van der Waals surface area contributed by atoms with Gasteiger partial charge in [-0.15, -0.1) is 0 Å². The van der Waals surface area contributed by atoms with Gasteiger partial charge in [0.05, 0.1) is 15.6 Å². The minimum Gasteiger partial charge on any atom is -0.366 e. The summed E-state index contributed by atoms with van der Waals surface area (Å²) in [5, 5.41) is 5.25. The van der Waals surface area contributed by atoms with Crippen molar-refractivity contribution in [3.05, 3.63) is 79.9 Å². The summed E-state index contributed by atoms with van der Waals surface area (Å²) in [4.78, 5) is 16.7. The number of benzene rings is 2. The average Bonchev–Trinajstić information content (AvgIpc) is 2.62. The first-order chi connectivity index (χ1) is 12.9. The number of hydrogen-bond donors (Lipinski definition) is 2. The van der Waals surface area contributed by atoms with E-state index in [1.807, 2.05) is 24.3 Å². The number of rotatable bonds is 4. The van der Waals surface area contributed by atoms with Crippen molar-refractivity contribution < 1.29 is 4.79 Å². The van der Waals surface area contributed by atoms with E-state index in [0.29, 0.717) is 42.8 Å². The number of amidine groups is 1. The van der Waals surface area contributed by atoms with E-state index in [0.717, 1.165) is 5.56 Å². The Morgan fingerprint density at radius 1 is 1.15 bits per heavy atom. The van der Waals surface area contributed by atoms with Crippen LogP contribution in [0.1, 0.15) is 24.1 Å². The van der Waals surface area contributed by atoms with Gasteiger partial charge in [0.1, 0.15) is 6.04 Å². The molecule has 2 aromatic rings. The van der Waals surface area contributed by atoms with Gasteiger partial charge in [-0.1, -0.05) is 76.9 Å². The highest BCUT2D eigenvalue weighted by atomic mass is 35.5. The maximum absolute atomic E-state index is 12.0. The molecule has 0 saturated heterocycles. The summed E-state index contributed by atoms with van der Waals surface area (Å²) < 4.78 is 0. The van der Waals surface area contributed by atoms with Crippen LogP contribution < -0.4 is 11.1 Å². The zero-order valence-corrected chi connectivity index (χ0v) is 17.4. The molecule has 1 aliphatic heterocycles. The lowest BCUT2D eigenvalue weighted by Crippen LogP contribution is -2.32. The Morgan fingerprint density at radius 2 is 1.85 bits per heavy atom. The Bertz CT molecular complexity index is 959. The van der Waals surface area contributed by atoms with Gasteiger partial charge in [-0.3, -0.25) is 4.79 Å². The summed E-state index contributed by atoms with van der Waals surface area (Å²) >= 11 is 20.2. The van der Waals surface area contributed by atoms with Gasteiger partial charge in [-0.2, -0.15) is 0 Å². The third-order valence-corrected chi connectivity index (χ3v) is 6.22. The molecule has 1 amide bonds. The number of halogens is 3. The fourth-order valence-corrected chi connectivity index (χ4v) is 4.40. The van der Waals surface area contributed by atoms with Crippen LogP contribution >= 0.6 is 46.6 Å². The van der Waals surface area contributed by atoms with Crippen molar-refractivity contribution in [1.29, 1.82) is 0 Å². The number of amides is 1. The molecule has 1 atom stereocenters. The van der Waals surface area contributed by atoms with Gasteiger partial charge in [0.15, 0.2) is 5.17 Å². The molecular weight excluding hydrogens is 425 g/mol. The van der Waals surface area contributed by atoms with Gasteiger partial charge in [0.25, 0.3) is 0 Å². The van der Waals surface area contributed by atoms with Gasteiger partial charge in [-0.05, 0) is 24.6 Å². The first kappa shape index (κ1) is 20.1. The van der Waals surface area contributed by atoms with Crippen LogP contribution in [-0.2, 0) is 10.5 Å². The van der Waals surface area contributed by atoms with E-state index in [9.17, 15) is 4.79 Å². The Hall–Kier alpha value is -1.66. The van der Waals surface area contributed by atoms with Crippen molar-refractivity contribution in [2.75, 3.05) is 0 Å². The van der Waals surface area contributed by atoms with E-state index in [1.165, 1.54) is 11.8 Å². The van der Waals surface area contributed by atoms with Gasteiger partial charge in [-0.25, -0.2) is 4.99 Å². The number of carbonyl (C=O) groups is 1. The van der Waals surface area contributed by atoms with Crippen LogP contribution in [0.25, 0.3) is 0 Å². The van der Waals surface area contributed by atoms with Crippen LogP contribution in [0, 0.1) is 0 Å². The smallest absolute Gasteiger partial charge is 0.248 e. The van der Waals surface area contributed by atoms with Crippen molar-refractivity contribution in [2.45, 2.75) is 18.7 Å². The van der Waals surface area contributed by atoms with Gasteiger partial charge in [0, 0.05) is 22.0 Å². The number of carbonyl (C=O) groups excluding carboxylic acids is 1. The minimum absolute atomic E-state index is 0.358. The molecule has 3 rings (SSSR count). The molecule has 4 nitrogen and oxygen atoms in total. The SMILES string of the molecule is CC1=C(C(N)=O)[C@H](c2cccc(Cl)c2Cl)N=C(SCc2ccccc2Cl)N1. The summed E-state index contributed by atoms with van der Waals surface area (Å²) in [6, 6.07) is 12.2. The highest BCUT2D eigenvalue weighted by molar-refractivity contribution is 8.13. The minimum atomic E-state index is -0.622. The number of thioether (sulfide) groups is 1. The second-order valence-electron chi connectivity index (χ2n) is 5.89. The third kappa shape index (κ3) is 4.43. The van der Waals surface area contributed by atoms with E-state index >= 15 is 0 Å². The molecule has 0 bridgehead atoms. The molecule has 0 saturated carbocycles. The van der Waals surface area contributed by atoms with Crippen molar-refractivity contribution in [1.82, 2.24) is 5.32 Å². The molecule has 27 heavy (non-hydrogen) atoms. The Kier molecular flexibility index (Phi) is 6.37. The molecule has 0 aliphatic carbocycles. The highest BCUT2D eigenvalue weighted by Gasteiger charge is 2.29. The van der Waals surface area contributed by atoms with E-state index in [4.69, 9.17) is 40.5 Å². The summed E-state index contributed by atoms with van der Waals surface area (Å²) in [5.41, 5.74) is 8.23. The number of allylic oxidation sites excluding steroid dienone is 1. The van der Waals surface area contributed by atoms with Crippen LogP contribution in [-0.4, -0.2) is 11.1 Å². The second-order valence-corrected chi connectivity index (χ2v) is 8.04. The van der Waals surface area contributed by atoms with E-state index in [-0.39, 0.29) is 0 Å². The normalized spacial score (nSPS) is 16.7. The lowest BCUT2D eigenvalue weighted by molar-refractivity contribution is -0.114. The van der Waals surface area contributed by atoms with Crippen LogP contribution in [0.3, 0.4) is 0 Å². The average molecular weight is 441 g/mol. The summed E-state index contributed by atoms with van der Waals surface area (Å²) in [6.07, 6.45) is 0. The number of nitrogens with zero attached hydrogens (tertiary/aromatic N) is 1. The molecule has 2 aromatic carbocycles. The van der Waals surface area contributed by atoms with E-state index in [1.54, 1.807) is 25.1 Å². The van der Waals surface area contributed by atoms with Gasteiger partial charge in [0.2, 0.25) is 5.91 Å². The first-order valence-electron chi connectivity index (χ1n) is 8.04. The summed E-state index contributed by atoms with van der Waals surface area (Å²) in [6.45, 7) is 1.79. The Labute approximate surface area is 176 Å². The predicted octanol–water partition coefficient (Wildman–Crippen LogP) is 5.34. The molecular formula is C19H16Cl3N3OS. The quantitative estimate of drug-likeness (QED) is 0.674. The Balaban J connectivity index is 1.94. The van der Waals surface area contributed by atoms with Crippen molar-refractivity contribution in [3.63, 3.8) is 0 Å². The maximum atomic E-state index is 12.0. The molecule has 3 N–H and O–H groups in total. The molecule has 0 aromatic heterocycles. The molecule has 1 heterocycles. The monoisotopic (exact) mass is 439 g/mol. The van der Waals surface area contributed by atoms with Crippen molar-refractivity contribution in [3.8, 4) is 0 Å². The first-order valence-corrected chi connectivity index (χ1v) is 10.2. The molecule has 8 heteroatoms. The predicted molar refractivity (Wildman–Crippen MR) is 114 cm³/mol. The number of primary amides is 1. The number of nitrogens with one attached hydrogen (secondary N) is 1. The van der Waals surface area contributed by atoms with Crippen molar-refractivity contribution in [2.24, 2.45) is 10.7 Å².